The van der Waals surface area contributed by atoms with Crippen molar-refractivity contribution in [2.75, 3.05) is 17.7 Å². The van der Waals surface area contributed by atoms with Gasteiger partial charge in [-0.05, 0) is 36.8 Å². The molecule has 1 atom stereocenters. The Balaban J connectivity index is 2.36. The van der Waals surface area contributed by atoms with Gasteiger partial charge in [-0.1, -0.05) is 20.8 Å². The molecular weight excluding hydrogens is 272 g/mol. The van der Waals surface area contributed by atoms with Crippen molar-refractivity contribution in [3.05, 3.63) is 18.3 Å². The summed E-state index contributed by atoms with van der Waals surface area (Å²) in [5.74, 6) is 0.627. The summed E-state index contributed by atoms with van der Waals surface area (Å²) in [5, 5.41) is 0. The van der Waals surface area contributed by atoms with Gasteiger partial charge in [-0.3, -0.25) is 0 Å². The molecule has 0 aromatic carbocycles. The Morgan fingerprint density at radius 3 is 2.70 bits per heavy atom. The lowest BCUT2D eigenvalue weighted by Crippen LogP contribution is -2.34. The highest BCUT2D eigenvalue weighted by molar-refractivity contribution is 7.90. The van der Waals surface area contributed by atoms with Crippen LogP contribution in [0.4, 0.5) is 5.82 Å². The van der Waals surface area contributed by atoms with Crippen molar-refractivity contribution >= 4 is 15.7 Å². The van der Waals surface area contributed by atoms with Gasteiger partial charge in [-0.2, -0.15) is 0 Å². The first-order valence-corrected chi connectivity index (χ1v) is 8.99. The van der Waals surface area contributed by atoms with Crippen LogP contribution in [0.15, 0.2) is 23.2 Å². The zero-order chi connectivity index (χ0) is 15.0. The monoisotopic (exact) mass is 296 g/mol. The summed E-state index contributed by atoms with van der Waals surface area (Å²) in [7, 11) is -3.24. The SMILES string of the molecule is CC(C)(C)CC1CCCN1c1ncccc1S(C)(=O)=O. The topological polar surface area (TPSA) is 50.3 Å². The van der Waals surface area contributed by atoms with Crippen LogP contribution in [0.5, 0.6) is 0 Å². The molecule has 0 saturated carbocycles. The highest BCUT2D eigenvalue weighted by atomic mass is 32.2. The molecule has 1 fully saturated rings. The van der Waals surface area contributed by atoms with Crippen LogP contribution in [0.2, 0.25) is 0 Å². The third-order valence-corrected chi connectivity index (χ3v) is 4.77. The van der Waals surface area contributed by atoms with Crippen LogP contribution in [0, 0.1) is 5.41 Å². The molecule has 112 valence electrons. The van der Waals surface area contributed by atoms with E-state index in [2.05, 4.69) is 30.7 Å². The Kier molecular flexibility index (Phi) is 4.09. The van der Waals surface area contributed by atoms with Crippen LogP contribution < -0.4 is 4.90 Å². The number of rotatable bonds is 3. The highest BCUT2D eigenvalue weighted by Crippen LogP contribution is 2.34. The fourth-order valence-corrected chi connectivity index (χ4v) is 3.75. The molecule has 20 heavy (non-hydrogen) atoms. The highest BCUT2D eigenvalue weighted by Gasteiger charge is 2.32. The average molecular weight is 296 g/mol. The summed E-state index contributed by atoms with van der Waals surface area (Å²) in [5.41, 5.74) is 0.229. The summed E-state index contributed by atoms with van der Waals surface area (Å²) in [6.45, 7) is 7.55. The average Bonchev–Trinajstić information content (AvgIpc) is 2.73. The van der Waals surface area contributed by atoms with Gasteiger partial charge >= 0.3 is 0 Å². The maximum atomic E-state index is 11.9. The molecule has 4 nitrogen and oxygen atoms in total. The van der Waals surface area contributed by atoms with Crippen molar-refractivity contribution in [2.24, 2.45) is 5.41 Å². The van der Waals surface area contributed by atoms with Crippen molar-refractivity contribution in [3.63, 3.8) is 0 Å². The van der Waals surface area contributed by atoms with Crippen LogP contribution in [-0.2, 0) is 9.84 Å². The van der Waals surface area contributed by atoms with E-state index in [0.717, 1.165) is 25.8 Å². The maximum absolute atomic E-state index is 11.9. The standard InChI is InChI=1S/C15H24N2O2S/c1-15(2,3)11-12-7-6-10-17(12)14-13(20(4,18)19)8-5-9-16-14/h5,8-9,12H,6-7,10-11H2,1-4H3. The number of hydrogen-bond acceptors (Lipinski definition) is 4. The molecule has 1 aliphatic rings. The number of aromatic nitrogens is 1. The minimum atomic E-state index is -3.24. The van der Waals surface area contributed by atoms with Crippen molar-refractivity contribution in [1.29, 1.82) is 0 Å². The summed E-state index contributed by atoms with van der Waals surface area (Å²) < 4.78 is 23.9. The van der Waals surface area contributed by atoms with E-state index < -0.39 is 9.84 Å². The largest absolute Gasteiger partial charge is 0.353 e. The molecular formula is C15H24N2O2S. The predicted octanol–water partition coefficient (Wildman–Crippen LogP) is 2.89. The Labute approximate surface area is 122 Å². The smallest absolute Gasteiger partial charge is 0.179 e. The molecule has 1 aliphatic heterocycles. The quantitative estimate of drug-likeness (QED) is 0.860. The first-order chi connectivity index (χ1) is 9.18. The van der Waals surface area contributed by atoms with Gasteiger partial charge < -0.3 is 4.90 Å². The Morgan fingerprint density at radius 1 is 1.40 bits per heavy atom. The first-order valence-electron chi connectivity index (χ1n) is 7.10. The summed E-state index contributed by atoms with van der Waals surface area (Å²) in [6.07, 6.45) is 6.18. The van der Waals surface area contributed by atoms with Gasteiger partial charge in [0.15, 0.2) is 9.84 Å². The van der Waals surface area contributed by atoms with Crippen molar-refractivity contribution in [2.45, 2.75) is 51.0 Å². The van der Waals surface area contributed by atoms with Crippen LogP contribution >= 0.6 is 0 Å². The molecule has 0 spiro atoms. The summed E-state index contributed by atoms with van der Waals surface area (Å²) in [6, 6.07) is 3.73. The van der Waals surface area contributed by atoms with Gasteiger partial charge in [-0.15, -0.1) is 0 Å². The summed E-state index contributed by atoms with van der Waals surface area (Å²) >= 11 is 0. The summed E-state index contributed by atoms with van der Waals surface area (Å²) in [4.78, 5) is 6.88. The van der Waals surface area contributed by atoms with Gasteiger partial charge in [0.1, 0.15) is 10.7 Å². The van der Waals surface area contributed by atoms with E-state index in [1.54, 1.807) is 18.3 Å². The molecule has 1 aromatic heterocycles. The van der Waals surface area contributed by atoms with Gasteiger partial charge in [0.25, 0.3) is 0 Å². The predicted molar refractivity (Wildman–Crippen MR) is 81.8 cm³/mol. The van der Waals surface area contributed by atoms with E-state index in [9.17, 15) is 8.42 Å². The molecule has 2 rings (SSSR count). The lowest BCUT2D eigenvalue weighted by Gasteiger charge is -2.31. The minimum absolute atomic E-state index is 0.229. The number of hydrogen-bond donors (Lipinski definition) is 0. The third-order valence-electron chi connectivity index (χ3n) is 3.65. The molecule has 2 heterocycles. The van der Waals surface area contributed by atoms with Crippen molar-refractivity contribution in [1.82, 2.24) is 4.98 Å². The number of anilines is 1. The lowest BCUT2D eigenvalue weighted by molar-refractivity contribution is 0.338. The van der Waals surface area contributed by atoms with Crippen LogP contribution in [0.25, 0.3) is 0 Å². The normalized spacial score (nSPS) is 20.4. The fourth-order valence-electron chi connectivity index (χ4n) is 2.92. The van der Waals surface area contributed by atoms with Crippen molar-refractivity contribution in [3.8, 4) is 0 Å². The Hall–Kier alpha value is -1.10. The van der Waals surface area contributed by atoms with Crippen LogP contribution in [-0.4, -0.2) is 32.2 Å². The number of nitrogens with zero attached hydrogens (tertiary/aromatic N) is 2. The van der Waals surface area contributed by atoms with E-state index in [1.807, 2.05) is 0 Å². The second-order valence-corrected chi connectivity index (χ2v) is 8.84. The molecule has 1 aromatic rings. The second-order valence-electron chi connectivity index (χ2n) is 6.85. The molecule has 0 N–H and O–H groups in total. The second kappa shape index (κ2) is 5.35. The van der Waals surface area contributed by atoms with Gasteiger partial charge in [0, 0.05) is 25.0 Å². The van der Waals surface area contributed by atoms with E-state index in [1.165, 1.54) is 6.26 Å². The van der Waals surface area contributed by atoms with E-state index >= 15 is 0 Å². The number of sulfone groups is 1. The van der Waals surface area contributed by atoms with Crippen LogP contribution in [0.3, 0.4) is 0 Å². The lowest BCUT2D eigenvalue weighted by atomic mass is 9.87. The molecule has 0 bridgehead atoms. The van der Waals surface area contributed by atoms with Crippen LogP contribution in [0.1, 0.15) is 40.0 Å². The van der Waals surface area contributed by atoms with Gasteiger partial charge in [0.2, 0.25) is 0 Å². The maximum Gasteiger partial charge on any atom is 0.179 e. The fraction of sp³-hybridized carbons (Fsp3) is 0.667. The third kappa shape index (κ3) is 3.51. The van der Waals surface area contributed by atoms with Gasteiger partial charge in [0.05, 0.1) is 0 Å². The van der Waals surface area contributed by atoms with E-state index in [-0.39, 0.29) is 5.41 Å². The molecule has 1 saturated heterocycles. The zero-order valence-electron chi connectivity index (χ0n) is 12.8. The molecule has 0 aliphatic carbocycles. The zero-order valence-corrected chi connectivity index (χ0v) is 13.6. The first kappa shape index (κ1) is 15.3. The Bertz CT molecular complexity index is 576. The van der Waals surface area contributed by atoms with Crippen molar-refractivity contribution < 1.29 is 8.42 Å². The molecule has 1 unspecified atom stereocenters. The Morgan fingerprint density at radius 2 is 2.10 bits per heavy atom. The number of pyridine rings is 1. The molecule has 0 radical (unpaired) electrons. The molecule has 0 amide bonds. The molecule has 5 heteroatoms. The van der Waals surface area contributed by atoms with E-state index in [4.69, 9.17) is 0 Å². The minimum Gasteiger partial charge on any atom is -0.353 e. The van der Waals surface area contributed by atoms with E-state index in [0.29, 0.717) is 16.8 Å². The van der Waals surface area contributed by atoms with Gasteiger partial charge in [-0.25, -0.2) is 13.4 Å².